The maximum absolute atomic E-state index is 11.9. The Morgan fingerprint density at radius 1 is 1.32 bits per heavy atom. The number of benzene rings is 1. The maximum atomic E-state index is 11.9. The van der Waals surface area contributed by atoms with E-state index in [2.05, 4.69) is 0 Å². The lowest BCUT2D eigenvalue weighted by Crippen LogP contribution is -2.49. The number of piperidine rings is 1. The molecule has 22 heavy (non-hydrogen) atoms. The van der Waals surface area contributed by atoms with Crippen molar-refractivity contribution in [1.82, 2.24) is 4.90 Å². The van der Waals surface area contributed by atoms with Crippen molar-refractivity contribution in [2.24, 2.45) is 0 Å². The van der Waals surface area contributed by atoms with Crippen molar-refractivity contribution in [3.63, 3.8) is 0 Å². The van der Waals surface area contributed by atoms with Gasteiger partial charge in [0.05, 0.1) is 13.0 Å². The van der Waals surface area contributed by atoms with Gasteiger partial charge in [-0.25, -0.2) is 4.79 Å². The van der Waals surface area contributed by atoms with E-state index >= 15 is 0 Å². The number of rotatable bonds is 2. The fourth-order valence-corrected chi connectivity index (χ4v) is 3.53. The van der Waals surface area contributed by atoms with E-state index in [-0.39, 0.29) is 18.0 Å². The van der Waals surface area contributed by atoms with Gasteiger partial charge in [-0.3, -0.25) is 4.79 Å². The molecule has 1 aromatic carbocycles. The Hall–Kier alpha value is -2.04. The molecule has 2 aliphatic rings. The average molecular weight is 303 g/mol. The molecular formula is C17H21NO4. The van der Waals surface area contributed by atoms with E-state index in [0.29, 0.717) is 39.0 Å². The molecule has 1 amide bonds. The predicted molar refractivity (Wildman–Crippen MR) is 80.5 cm³/mol. The van der Waals surface area contributed by atoms with Crippen molar-refractivity contribution in [1.29, 1.82) is 0 Å². The summed E-state index contributed by atoms with van der Waals surface area (Å²) in [5, 5.41) is 0. The van der Waals surface area contributed by atoms with E-state index in [1.54, 1.807) is 11.8 Å². The summed E-state index contributed by atoms with van der Waals surface area (Å²) in [6, 6.07) is 10.0. The second-order valence-electron chi connectivity index (χ2n) is 5.89. The van der Waals surface area contributed by atoms with Crippen LogP contribution < -0.4 is 0 Å². The summed E-state index contributed by atoms with van der Waals surface area (Å²) in [5.74, 6) is -0.0658. The van der Waals surface area contributed by atoms with Gasteiger partial charge in [0, 0.05) is 31.8 Å². The molecule has 2 saturated heterocycles. The van der Waals surface area contributed by atoms with Gasteiger partial charge in [0.25, 0.3) is 0 Å². The average Bonchev–Trinajstić information content (AvgIpc) is 2.85. The van der Waals surface area contributed by atoms with E-state index in [9.17, 15) is 9.59 Å². The quantitative estimate of drug-likeness (QED) is 0.788. The molecule has 0 saturated carbocycles. The summed E-state index contributed by atoms with van der Waals surface area (Å²) < 4.78 is 10.8. The van der Waals surface area contributed by atoms with Gasteiger partial charge in [-0.05, 0) is 12.5 Å². The first-order chi connectivity index (χ1) is 10.6. The number of carbonyl (C=O) groups is 2. The Kier molecular flexibility index (Phi) is 4.05. The summed E-state index contributed by atoms with van der Waals surface area (Å²) in [5.41, 5.74) is 0.666. The van der Waals surface area contributed by atoms with Crippen molar-refractivity contribution >= 4 is 12.1 Å². The highest BCUT2D eigenvalue weighted by Gasteiger charge is 2.51. The molecule has 5 nitrogen and oxygen atoms in total. The molecule has 0 radical (unpaired) electrons. The van der Waals surface area contributed by atoms with Crippen LogP contribution in [0.3, 0.4) is 0 Å². The van der Waals surface area contributed by atoms with Gasteiger partial charge in [-0.2, -0.15) is 0 Å². The number of hydrogen-bond donors (Lipinski definition) is 0. The highest BCUT2D eigenvalue weighted by Crippen LogP contribution is 2.46. The Balaban J connectivity index is 1.75. The summed E-state index contributed by atoms with van der Waals surface area (Å²) >= 11 is 0. The molecule has 1 aromatic rings. The number of ether oxygens (including phenoxy) is 2. The first-order valence-corrected chi connectivity index (χ1v) is 7.83. The van der Waals surface area contributed by atoms with Gasteiger partial charge in [-0.1, -0.05) is 30.3 Å². The molecule has 1 spiro atoms. The molecule has 2 aliphatic heterocycles. The van der Waals surface area contributed by atoms with Crippen molar-refractivity contribution in [2.45, 2.75) is 37.7 Å². The summed E-state index contributed by atoms with van der Waals surface area (Å²) in [7, 11) is 0. The zero-order valence-corrected chi connectivity index (χ0v) is 12.8. The lowest BCUT2D eigenvalue weighted by Gasteiger charge is -2.41. The monoisotopic (exact) mass is 303 g/mol. The van der Waals surface area contributed by atoms with E-state index in [1.807, 2.05) is 30.3 Å². The molecule has 118 valence electrons. The van der Waals surface area contributed by atoms with Crippen LogP contribution in [-0.4, -0.2) is 42.3 Å². The van der Waals surface area contributed by atoms with E-state index in [0.717, 1.165) is 5.56 Å². The van der Waals surface area contributed by atoms with Crippen LogP contribution in [0.2, 0.25) is 0 Å². The minimum Gasteiger partial charge on any atom is -0.458 e. The highest BCUT2D eigenvalue weighted by atomic mass is 16.6. The number of hydrogen-bond acceptors (Lipinski definition) is 4. The first kappa shape index (κ1) is 14.9. The van der Waals surface area contributed by atoms with Crippen molar-refractivity contribution in [2.75, 3.05) is 19.7 Å². The molecule has 2 heterocycles. The smallest absolute Gasteiger partial charge is 0.409 e. The number of likely N-dealkylation sites (tertiary alicyclic amines) is 1. The van der Waals surface area contributed by atoms with Crippen LogP contribution in [0.5, 0.6) is 0 Å². The molecule has 0 aromatic heterocycles. The van der Waals surface area contributed by atoms with E-state index in [1.165, 1.54) is 0 Å². The van der Waals surface area contributed by atoms with Crippen LogP contribution in [0.4, 0.5) is 4.79 Å². The summed E-state index contributed by atoms with van der Waals surface area (Å²) in [4.78, 5) is 25.4. The fourth-order valence-electron chi connectivity index (χ4n) is 3.53. The molecule has 0 bridgehead atoms. The van der Waals surface area contributed by atoms with Crippen LogP contribution in [0.1, 0.15) is 37.7 Å². The minimum absolute atomic E-state index is 0.0746. The van der Waals surface area contributed by atoms with Gasteiger partial charge in [0.2, 0.25) is 0 Å². The number of esters is 1. The summed E-state index contributed by atoms with van der Waals surface area (Å²) in [6.07, 6.45) is 1.47. The molecule has 1 unspecified atom stereocenters. The zero-order valence-electron chi connectivity index (χ0n) is 12.8. The minimum atomic E-state index is -0.471. The van der Waals surface area contributed by atoms with Gasteiger partial charge in [0.1, 0.15) is 5.60 Å². The van der Waals surface area contributed by atoms with Crippen LogP contribution >= 0.6 is 0 Å². The van der Waals surface area contributed by atoms with Gasteiger partial charge >= 0.3 is 12.1 Å². The third-order valence-corrected chi connectivity index (χ3v) is 4.66. The fraction of sp³-hybridized carbons (Fsp3) is 0.529. The lowest BCUT2D eigenvalue weighted by molar-refractivity contribution is -0.152. The van der Waals surface area contributed by atoms with Gasteiger partial charge in [-0.15, -0.1) is 0 Å². The largest absolute Gasteiger partial charge is 0.458 e. The number of amides is 1. The standard InChI is InChI=1S/C17H21NO4/c1-2-21-16(20)18-10-8-17(9-11-18)14(12-15(19)22-17)13-6-4-3-5-7-13/h3-7,14H,2,8-12H2,1H3. The Morgan fingerprint density at radius 3 is 2.64 bits per heavy atom. The zero-order chi connectivity index (χ0) is 15.6. The van der Waals surface area contributed by atoms with Crippen LogP contribution in [0.25, 0.3) is 0 Å². The van der Waals surface area contributed by atoms with Crippen LogP contribution in [0, 0.1) is 0 Å². The van der Waals surface area contributed by atoms with Crippen LogP contribution in [-0.2, 0) is 14.3 Å². The van der Waals surface area contributed by atoms with Gasteiger partial charge in [0.15, 0.2) is 0 Å². The third-order valence-electron chi connectivity index (χ3n) is 4.66. The number of carbonyl (C=O) groups excluding carboxylic acids is 2. The van der Waals surface area contributed by atoms with Crippen LogP contribution in [0.15, 0.2) is 30.3 Å². The lowest BCUT2D eigenvalue weighted by atomic mass is 9.76. The van der Waals surface area contributed by atoms with Crippen molar-refractivity contribution < 1.29 is 19.1 Å². The molecule has 3 rings (SSSR count). The Morgan fingerprint density at radius 2 is 2.00 bits per heavy atom. The topological polar surface area (TPSA) is 55.8 Å². The van der Waals surface area contributed by atoms with Gasteiger partial charge < -0.3 is 14.4 Å². The molecule has 1 atom stereocenters. The molecule has 2 fully saturated rings. The Bertz CT molecular complexity index is 549. The normalized spacial score (nSPS) is 23.4. The predicted octanol–water partition coefficient (Wildman–Crippen LogP) is 2.71. The molecule has 0 aliphatic carbocycles. The number of nitrogens with zero attached hydrogens (tertiary/aromatic N) is 1. The molecular weight excluding hydrogens is 282 g/mol. The first-order valence-electron chi connectivity index (χ1n) is 7.83. The summed E-state index contributed by atoms with van der Waals surface area (Å²) in [6.45, 7) is 3.31. The Labute approximate surface area is 130 Å². The van der Waals surface area contributed by atoms with Crippen molar-refractivity contribution in [3.8, 4) is 0 Å². The maximum Gasteiger partial charge on any atom is 0.409 e. The van der Waals surface area contributed by atoms with E-state index < -0.39 is 5.60 Å². The second-order valence-corrected chi connectivity index (χ2v) is 5.89. The van der Waals surface area contributed by atoms with Crippen molar-refractivity contribution in [3.05, 3.63) is 35.9 Å². The third kappa shape index (κ3) is 2.67. The second kappa shape index (κ2) is 5.99. The SMILES string of the molecule is CCOC(=O)N1CCC2(CC1)OC(=O)CC2c1ccccc1. The highest BCUT2D eigenvalue weighted by molar-refractivity contribution is 5.75. The molecule has 0 N–H and O–H groups in total. The molecule has 5 heteroatoms. The van der Waals surface area contributed by atoms with E-state index in [4.69, 9.17) is 9.47 Å².